The van der Waals surface area contributed by atoms with Crippen LogP contribution in [-0.4, -0.2) is 67.3 Å². The Bertz CT molecular complexity index is 137. The summed E-state index contributed by atoms with van der Waals surface area (Å²) in [6, 6.07) is 0. The standard InChI is InChI=1S/C2H4O2.C2H6O.2C2H4O.2H2O3.2O2.2H2O/c1-2(3)4;3*1-2-3;2*1-3-2;2*1-2;;/h1H3,(H,3,4);3H,2H2,1H3;2*2H,1H3;2*1-2H;;;2*1H2. The molecule has 0 aromatic carbocycles. The molecule has 0 saturated heterocycles. The van der Waals surface area contributed by atoms with E-state index >= 15 is 0 Å². The topological polar surface area (TPSA) is 322 Å². The van der Waals surface area contributed by atoms with E-state index in [9.17, 15) is 0 Å². The van der Waals surface area contributed by atoms with Crippen LogP contribution in [0.4, 0.5) is 0 Å². The van der Waals surface area contributed by atoms with Crippen LogP contribution in [-0.2, 0) is 24.5 Å². The minimum atomic E-state index is -0.833. The minimum Gasteiger partial charge on any atom is -0.481 e. The molecule has 0 rings (SSSR count). The van der Waals surface area contributed by atoms with Crippen molar-refractivity contribution in [2.24, 2.45) is 0 Å². The summed E-state index contributed by atoms with van der Waals surface area (Å²) in [7, 11) is 0. The fourth-order valence-corrected chi connectivity index (χ4v) is 0. The first-order valence-corrected chi connectivity index (χ1v) is 4.64. The Balaban J connectivity index is -0.0000000128. The molecule has 160 valence electrons. The third-order valence-corrected chi connectivity index (χ3v) is 0. The second-order valence-corrected chi connectivity index (χ2v) is 1.47. The summed E-state index contributed by atoms with van der Waals surface area (Å²) in [6.45, 7) is 5.90. The van der Waals surface area contributed by atoms with E-state index in [-0.39, 0.29) is 17.6 Å². The molecule has 0 spiro atoms. The molecule has 0 aliphatic carbocycles. The summed E-state index contributed by atoms with van der Waals surface area (Å²) >= 11 is 0. The summed E-state index contributed by atoms with van der Waals surface area (Å²) in [5.74, 6) is -0.833. The molecule has 25 heavy (non-hydrogen) atoms. The van der Waals surface area contributed by atoms with Crippen molar-refractivity contribution in [2.45, 2.75) is 27.7 Å². The van der Waals surface area contributed by atoms with Crippen molar-refractivity contribution < 1.29 is 66.7 Å². The number of hydrogen-bond donors (Lipinski definition) is 6. The Morgan fingerprint density at radius 3 is 0.840 bits per heavy atom. The van der Waals surface area contributed by atoms with Crippen LogP contribution in [0.5, 0.6) is 0 Å². The quantitative estimate of drug-likeness (QED) is 0.161. The van der Waals surface area contributed by atoms with Gasteiger partial charge < -0.3 is 30.8 Å². The second kappa shape index (κ2) is 289. The lowest BCUT2D eigenvalue weighted by atomic mass is 10.9. The molecule has 0 saturated carbocycles. The number of carboxylic acid groups (broad SMARTS) is 1. The highest BCUT2D eigenvalue weighted by atomic mass is 17.4. The maximum atomic E-state index is 9.00. The Morgan fingerprint density at radius 2 is 0.840 bits per heavy atom. The number of hydrogen-bond acceptors (Lipinski definition) is 14. The van der Waals surface area contributed by atoms with E-state index in [2.05, 4.69) is 10.1 Å². The summed E-state index contributed by atoms with van der Waals surface area (Å²) in [4.78, 5) is 54.6. The Labute approximate surface area is 140 Å². The van der Waals surface area contributed by atoms with Crippen LogP contribution in [0.2, 0.25) is 0 Å². The lowest BCUT2D eigenvalue weighted by molar-refractivity contribution is -0.465. The number of carbonyl (C=O) groups excluding carboxylic acids is 2. The van der Waals surface area contributed by atoms with Gasteiger partial charge in [-0.1, -0.05) is 10.1 Å². The van der Waals surface area contributed by atoms with Crippen molar-refractivity contribution >= 4 is 18.5 Å². The average molecular weight is 394 g/mol. The first kappa shape index (κ1) is 66.3. The van der Waals surface area contributed by atoms with Crippen LogP contribution in [0, 0.1) is 19.9 Å². The first-order chi connectivity index (χ1) is 10.8. The number of aliphatic carboxylic acids is 1. The van der Waals surface area contributed by atoms with E-state index in [1.54, 1.807) is 6.92 Å². The maximum Gasteiger partial charge on any atom is 0.300 e. The molecule has 17 nitrogen and oxygen atoms in total. The van der Waals surface area contributed by atoms with Crippen molar-refractivity contribution in [2.75, 3.05) is 6.61 Å². The van der Waals surface area contributed by atoms with Gasteiger partial charge in [0.1, 0.15) is 12.6 Å². The van der Waals surface area contributed by atoms with Crippen LogP contribution in [0.25, 0.3) is 0 Å². The maximum absolute atomic E-state index is 9.00. The van der Waals surface area contributed by atoms with Gasteiger partial charge in [0.15, 0.2) is 0 Å². The molecule has 0 aliphatic heterocycles. The largest absolute Gasteiger partial charge is 0.481 e. The van der Waals surface area contributed by atoms with Crippen molar-refractivity contribution in [1.29, 1.82) is 0 Å². The van der Waals surface area contributed by atoms with Crippen LogP contribution in [0.1, 0.15) is 27.7 Å². The molecule has 0 heterocycles. The molecule has 17 heteroatoms. The van der Waals surface area contributed by atoms with Gasteiger partial charge in [0.05, 0.1) is 0 Å². The molecule has 0 radical (unpaired) electrons. The van der Waals surface area contributed by atoms with Gasteiger partial charge in [-0.15, -0.1) is 0 Å². The van der Waals surface area contributed by atoms with E-state index in [1.807, 2.05) is 0 Å². The van der Waals surface area contributed by atoms with Gasteiger partial charge in [-0.05, 0) is 20.8 Å². The van der Waals surface area contributed by atoms with Crippen LogP contribution < -0.4 is 0 Å². The summed E-state index contributed by atoms with van der Waals surface area (Å²) in [5.41, 5.74) is 0. The fraction of sp³-hybridized carbons (Fsp3) is 0.625. The van der Waals surface area contributed by atoms with Crippen LogP contribution in [0.3, 0.4) is 0 Å². The number of aliphatic hydroxyl groups is 1. The van der Waals surface area contributed by atoms with E-state index in [0.717, 1.165) is 19.5 Å². The highest BCUT2D eigenvalue weighted by Gasteiger charge is 1.65. The van der Waals surface area contributed by atoms with Crippen molar-refractivity contribution in [3.63, 3.8) is 0 Å². The predicted octanol–water partition coefficient (Wildman–Crippen LogP) is -1.12. The Morgan fingerprint density at radius 1 is 0.840 bits per heavy atom. The predicted molar refractivity (Wildman–Crippen MR) is 82.9 cm³/mol. The van der Waals surface area contributed by atoms with E-state index < -0.39 is 5.97 Å². The molecular weight excluding hydrogens is 368 g/mol. The van der Waals surface area contributed by atoms with Gasteiger partial charge in [0.25, 0.3) is 5.97 Å². The molecule has 0 amide bonds. The van der Waals surface area contributed by atoms with E-state index in [1.165, 1.54) is 13.8 Å². The SMILES string of the molecule is CC(=O)O.CC=O.CC=O.CCO.O.O.O=O.O=O.OOO.OOO. The third-order valence-electron chi connectivity index (χ3n) is 0. The van der Waals surface area contributed by atoms with Crippen molar-refractivity contribution in [3.05, 3.63) is 19.9 Å². The molecule has 0 fully saturated rings. The van der Waals surface area contributed by atoms with E-state index in [0.29, 0.717) is 0 Å². The fourth-order valence-electron chi connectivity index (χ4n) is 0. The van der Waals surface area contributed by atoms with Gasteiger partial charge in [0, 0.05) is 33.4 Å². The average Bonchev–Trinajstić information content (AvgIpc) is 2.46. The smallest absolute Gasteiger partial charge is 0.300 e. The minimum absolute atomic E-state index is 0. The Hall–Kier alpha value is -2.35. The molecule has 0 aromatic heterocycles. The number of aliphatic hydroxyl groups excluding tert-OH is 1. The van der Waals surface area contributed by atoms with Crippen molar-refractivity contribution in [3.8, 4) is 0 Å². The molecular formula is C8H26O17. The van der Waals surface area contributed by atoms with Gasteiger partial charge in [-0.3, -0.25) is 4.79 Å². The normalized spacial score (nSPS) is 4.52. The molecule has 0 bridgehead atoms. The highest BCUT2D eigenvalue weighted by Crippen LogP contribution is 1.42. The third kappa shape index (κ3) is 1510. The summed E-state index contributed by atoms with van der Waals surface area (Å²) < 4.78 is 0. The first-order valence-electron chi connectivity index (χ1n) is 4.64. The molecule has 0 aliphatic rings. The number of aldehydes is 2. The van der Waals surface area contributed by atoms with Gasteiger partial charge in [-0.25, -0.2) is 21.0 Å². The lowest BCUT2D eigenvalue weighted by Gasteiger charge is -1.59. The van der Waals surface area contributed by atoms with Crippen LogP contribution >= 0.6 is 0 Å². The van der Waals surface area contributed by atoms with Gasteiger partial charge in [-0.2, -0.15) is 0 Å². The molecule has 10 N–H and O–H groups in total. The zero-order valence-corrected chi connectivity index (χ0v) is 13.7. The zero-order chi connectivity index (χ0) is 21.1. The zero-order valence-electron chi connectivity index (χ0n) is 13.7. The summed E-state index contributed by atoms with van der Waals surface area (Å²) in [6.07, 6.45) is 1.50. The molecule has 0 atom stereocenters. The monoisotopic (exact) mass is 394 g/mol. The lowest BCUT2D eigenvalue weighted by Crippen LogP contribution is -1.78. The Kier molecular flexibility index (Phi) is 767. The molecule has 0 unspecified atom stereocenters. The number of carbonyl (C=O) groups is 3. The number of rotatable bonds is 0. The second-order valence-electron chi connectivity index (χ2n) is 1.47. The molecule has 0 aromatic rings. The highest BCUT2D eigenvalue weighted by molar-refractivity contribution is 5.62. The summed E-state index contributed by atoms with van der Waals surface area (Å²) in [5, 5.41) is 46.0. The van der Waals surface area contributed by atoms with Crippen molar-refractivity contribution in [1.82, 2.24) is 0 Å². The number of carboxylic acids is 1. The van der Waals surface area contributed by atoms with E-state index in [4.69, 9.17) is 65.5 Å². The van der Waals surface area contributed by atoms with Crippen LogP contribution in [0.15, 0.2) is 0 Å². The van der Waals surface area contributed by atoms with Gasteiger partial charge in [0.2, 0.25) is 0 Å². The van der Waals surface area contributed by atoms with Gasteiger partial charge >= 0.3 is 0 Å².